The molecule has 2 aliphatic rings. The van der Waals surface area contributed by atoms with Crippen LogP contribution in [0.15, 0.2) is 53.0 Å². The highest BCUT2D eigenvalue weighted by Gasteiger charge is 2.53. The normalized spacial score (nSPS) is 18.4. The number of benzene rings is 2. The minimum absolute atomic E-state index is 0.367. The maximum Gasteiger partial charge on any atom is 0.494 e. The van der Waals surface area contributed by atoms with Crippen molar-refractivity contribution in [2.45, 2.75) is 208 Å². The highest BCUT2D eigenvalue weighted by Crippen LogP contribution is 2.38. The number of hydrogen-bond donors (Lipinski definition) is 3. The zero-order valence-corrected chi connectivity index (χ0v) is 43.4. The standard InChI is InChI=1S/C20H32BNO4.C14H20BrNO2.C12H25B2O4/c1-17(2,3)24-16(23)22-18(4,5)14-10-12-15(13-11-14)21-25-19(6,7)20(8,9)26-21;1-13(2,3)18-12(17)16-14(4,5)10-6-8-11(15)9-7-10;1-9(2,15)10(3,4)16-13-14-17-11(5,6)12(7,8)18-14/h10-13H,1-9H3,(H,22,23);6-9H,1-5H3,(H,16,17);15H,1-8H3. The Kier molecular flexibility index (Phi) is 17.5. The molecule has 0 aromatic heterocycles. The fourth-order valence-corrected chi connectivity index (χ4v) is 5.74. The van der Waals surface area contributed by atoms with Gasteiger partial charge in [0.25, 0.3) is 0 Å². The average molecular weight is 930 g/mol. The molecule has 3 N–H and O–H groups in total. The largest absolute Gasteiger partial charge is 0.494 e. The Morgan fingerprint density at radius 2 is 0.903 bits per heavy atom. The number of hydrogen-bond acceptors (Lipinski definition) is 10. The van der Waals surface area contributed by atoms with Crippen LogP contribution in [0.25, 0.3) is 0 Å². The second-order valence-electron chi connectivity index (χ2n) is 22.2. The van der Waals surface area contributed by atoms with Gasteiger partial charge in [0, 0.05) is 4.47 Å². The molecular formula is C46H77B3BrN2O10. The fraction of sp³-hybridized carbons (Fsp3) is 0.696. The molecule has 16 heteroatoms. The summed E-state index contributed by atoms with van der Waals surface area (Å²) >= 11 is 3.39. The third-order valence-electron chi connectivity index (χ3n) is 11.6. The number of halogens is 1. The summed E-state index contributed by atoms with van der Waals surface area (Å²) in [5, 5.41) is 15.8. The molecule has 0 bridgehead atoms. The first-order valence-corrected chi connectivity index (χ1v) is 22.1. The van der Waals surface area contributed by atoms with Crippen LogP contribution in [0.1, 0.15) is 163 Å². The summed E-state index contributed by atoms with van der Waals surface area (Å²) in [7, 11) is 0.613. The Balaban J connectivity index is 0.000000329. The molecule has 347 valence electrons. The fourth-order valence-electron chi connectivity index (χ4n) is 5.48. The summed E-state index contributed by atoms with van der Waals surface area (Å²) < 4.78 is 41.0. The van der Waals surface area contributed by atoms with Gasteiger partial charge < -0.3 is 48.5 Å². The molecule has 0 aliphatic carbocycles. The van der Waals surface area contributed by atoms with Crippen molar-refractivity contribution >= 4 is 55.1 Å². The molecule has 2 saturated heterocycles. The van der Waals surface area contributed by atoms with Crippen LogP contribution in [0, 0.1) is 0 Å². The Morgan fingerprint density at radius 1 is 0.581 bits per heavy atom. The average Bonchev–Trinajstić information content (AvgIpc) is 3.40. The van der Waals surface area contributed by atoms with Crippen molar-refractivity contribution < 1.29 is 47.4 Å². The molecule has 0 unspecified atom stereocenters. The number of amides is 2. The van der Waals surface area contributed by atoms with Crippen LogP contribution < -0.4 is 16.1 Å². The van der Waals surface area contributed by atoms with Crippen LogP contribution in [0.4, 0.5) is 9.59 Å². The SMILES string of the molecule is CC(C)(C)OC(=O)NC(C)(C)c1ccc(B2OC(C)(C)C(C)(C)O2)cc1.CC(C)(C)OC(=O)NC(C)(C)c1ccc(Br)cc1.CC(C)(O)C(C)(C)O[B]B1OC(C)(C)C(C)(C)O1. The van der Waals surface area contributed by atoms with E-state index in [1.165, 1.54) is 7.37 Å². The summed E-state index contributed by atoms with van der Waals surface area (Å²) in [4.78, 5) is 23.9. The Hall–Kier alpha value is -2.59. The molecule has 0 atom stereocenters. The second-order valence-corrected chi connectivity index (χ2v) is 23.1. The van der Waals surface area contributed by atoms with Crippen LogP contribution >= 0.6 is 15.9 Å². The van der Waals surface area contributed by atoms with E-state index in [1.54, 1.807) is 13.8 Å². The van der Waals surface area contributed by atoms with Gasteiger partial charge in [-0.1, -0.05) is 52.3 Å². The maximum atomic E-state index is 12.1. The van der Waals surface area contributed by atoms with Gasteiger partial charge in [0.05, 0.1) is 44.7 Å². The molecular weight excluding hydrogens is 853 g/mol. The molecule has 4 rings (SSSR count). The van der Waals surface area contributed by atoms with Crippen molar-refractivity contribution in [3.05, 3.63) is 64.1 Å². The first kappa shape index (κ1) is 55.5. The zero-order chi connectivity index (χ0) is 48.3. The highest BCUT2D eigenvalue weighted by molar-refractivity contribution is 9.10. The lowest BCUT2D eigenvalue weighted by Crippen LogP contribution is -2.50. The van der Waals surface area contributed by atoms with Gasteiger partial charge in [-0.25, -0.2) is 9.59 Å². The van der Waals surface area contributed by atoms with E-state index in [1.807, 2.05) is 187 Å². The molecule has 12 nitrogen and oxygen atoms in total. The maximum absolute atomic E-state index is 12.1. The number of ether oxygens (including phenoxy) is 2. The summed E-state index contributed by atoms with van der Waals surface area (Å²) in [6.07, 6.45) is -0.840. The van der Waals surface area contributed by atoms with E-state index >= 15 is 0 Å². The Labute approximate surface area is 384 Å². The van der Waals surface area contributed by atoms with E-state index in [0.29, 0.717) is 0 Å². The predicted octanol–water partition coefficient (Wildman–Crippen LogP) is 9.72. The quantitative estimate of drug-likeness (QED) is 0.208. The second kappa shape index (κ2) is 19.5. The summed E-state index contributed by atoms with van der Waals surface area (Å²) in [5.41, 5.74) is -2.24. The van der Waals surface area contributed by atoms with Gasteiger partial charge in [-0.2, -0.15) is 0 Å². The molecule has 2 aromatic carbocycles. The topological polar surface area (TPSA) is 143 Å². The molecule has 2 fully saturated rings. The molecule has 2 amide bonds. The summed E-state index contributed by atoms with van der Waals surface area (Å²) in [5.74, 6) is 0. The Morgan fingerprint density at radius 3 is 1.23 bits per heavy atom. The lowest BCUT2D eigenvalue weighted by atomic mass is 9.55. The number of rotatable bonds is 9. The van der Waals surface area contributed by atoms with E-state index in [9.17, 15) is 14.7 Å². The van der Waals surface area contributed by atoms with Crippen LogP contribution in [-0.2, 0) is 43.8 Å². The van der Waals surface area contributed by atoms with Crippen LogP contribution in [0.3, 0.4) is 0 Å². The van der Waals surface area contributed by atoms with Crippen molar-refractivity contribution in [1.29, 1.82) is 0 Å². The minimum Gasteiger partial charge on any atom is -0.444 e. The molecule has 1 radical (unpaired) electrons. The molecule has 2 aromatic rings. The van der Waals surface area contributed by atoms with E-state index in [-0.39, 0.29) is 22.4 Å². The summed E-state index contributed by atoms with van der Waals surface area (Å²) in [6, 6.07) is 15.8. The molecule has 62 heavy (non-hydrogen) atoms. The Bertz CT molecular complexity index is 1760. The third-order valence-corrected chi connectivity index (χ3v) is 12.1. The van der Waals surface area contributed by atoms with E-state index < -0.39 is 59.8 Å². The van der Waals surface area contributed by atoms with Gasteiger partial charge in [-0.15, -0.1) is 0 Å². The van der Waals surface area contributed by atoms with Crippen molar-refractivity contribution in [1.82, 2.24) is 10.6 Å². The molecule has 0 spiro atoms. The van der Waals surface area contributed by atoms with Crippen LogP contribution in [0.2, 0.25) is 0 Å². The molecule has 2 aliphatic heterocycles. The smallest absolute Gasteiger partial charge is 0.444 e. The molecule has 2 heterocycles. The number of aliphatic hydroxyl groups is 1. The van der Waals surface area contributed by atoms with Crippen molar-refractivity contribution in [3.8, 4) is 0 Å². The van der Waals surface area contributed by atoms with Crippen LogP contribution in [0.5, 0.6) is 0 Å². The lowest BCUT2D eigenvalue weighted by molar-refractivity contribution is -0.0894. The predicted molar refractivity (Wildman–Crippen MR) is 254 cm³/mol. The van der Waals surface area contributed by atoms with E-state index in [4.69, 9.17) is 32.7 Å². The van der Waals surface area contributed by atoms with Crippen LogP contribution in [-0.4, -0.2) is 83.6 Å². The lowest BCUT2D eigenvalue weighted by Gasteiger charge is -2.37. The first-order valence-electron chi connectivity index (χ1n) is 21.4. The van der Waals surface area contributed by atoms with Crippen molar-refractivity contribution in [3.63, 3.8) is 0 Å². The van der Waals surface area contributed by atoms with Crippen molar-refractivity contribution in [2.24, 2.45) is 0 Å². The monoisotopic (exact) mass is 930 g/mol. The van der Waals surface area contributed by atoms with Gasteiger partial charge in [0.15, 0.2) is 0 Å². The summed E-state index contributed by atoms with van der Waals surface area (Å²) in [6.45, 7) is 42.0. The number of alkyl carbamates (subject to hydrolysis) is 2. The van der Waals surface area contributed by atoms with E-state index in [0.717, 1.165) is 21.1 Å². The first-order chi connectivity index (χ1) is 27.5. The van der Waals surface area contributed by atoms with Crippen molar-refractivity contribution in [2.75, 3.05) is 0 Å². The van der Waals surface area contributed by atoms with Gasteiger partial charge in [0.1, 0.15) is 11.2 Å². The number of carbonyl (C=O) groups excluding carboxylic acids is 2. The minimum atomic E-state index is -0.951. The zero-order valence-electron chi connectivity index (χ0n) is 41.9. The number of nitrogens with one attached hydrogen (secondary N) is 2. The van der Waals surface area contributed by atoms with Gasteiger partial charge in [0.2, 0.25) is 0 Å². The highest BCUT2D eigenvalue weighted by atomic mass is 79.9. The van der Waals surface area contributed by atoms with Gasteiger partial charge in [-0.05, 0) is 181 Å². The van der Waals surface area contributed by atoms with Gasteiger partial charge in [-0.3, -0.25) is 0 Å². The number of carbonyl (C=O) groups is 2. The van der Waals surface area contributed by atoms with Gasteiger partial charge >= 0.3 is 33.7 Å². The van der Waals surface area contributed by atoms with E-state index in [2.05, 4.69) is 26.6 Å². The third kappa shape index (κ3) is 16.1. The molecule has 0 saturated carbocycles.